The Morgan fingerprint density at radius 1 is 1.18 bits per heavy atom. The molecule has 0 amide bonds. The van der Waals surface area contributed by atoms with E-state index >= 15 is 0 Å². The SMILES string of the molecule is Fc1cc(F)c(I)c(F)c1Br. The van der Waals surface area contributed by atoms with Crippen LogP contribution in [0, 0.1) is 21.0 Å². The smallest absolute Gasteiger partial charge is 0.156 e. The van der Waals surface area contributed by atoms with Crippen molar-refractivity contribution in [3.05, 3.63) is 31.6 Å². The molecule has 0 aromatic heterocycles. The summed E-state index contributed by atoms with van der Waals surface area (Å²) in [7, 11) is 0. The highest BCUT2D eigenvalue weighted by atomic mass is 127. The molecule has 0 radical (unpaired) electrons. The number of halogens is 5. The average Bonchev–Trinajstić information content (AvgIpc) is 1.97. The van der Waals surface area contributed by atoms with Crippen molar-refractivity contribution in [1.82, 2.24) is 0 Å². The van der Waals surface area contributed by atoms with E-state index in [9.17, 15) is 13.2 Å². The second-order valence-corrected chi connectivity index (χ2v) is 3.65. The minimum absolute atomic E-state index is 0.212. The highest BCUT2D eigenvalue weighted by Crippen LogP contribution is 2.25. The van der Waals surface area contributed by atoms with E-state index in [1.807, 2.05) is 0 Å². The first-order valence-corrected chi connectivity index (χ1v) is 4.39. The molecule has 0 N–H and O–H groups in total. The first-order chi connectivity index (χ1) is 5.04. The Labute approximate surface area is 83.1 Å². The van der Waals surface area contributed by atoms with Crippen molar-refractivity contribution in [3.63, 3.8) is 0 Å². The Kier molecular flexibility index (Phi) is 2.79. The van der Waals surface area contributed by atoms with E-state index in [1.165, 1.54) is 22.6 Å². The summed E-state index contributed by atoms with van der Waals surface area (Å²) in [4.78, 5) is 0. The fourth-order valence-corrected chi connectivity index (χ4v) is 1.65. The largest absolute Gasteiger partial charge is 0.206 e. The molecule has 0 aliphatic rings. The molecule has 0 fully saturated rings. The lowest BCUT2D eigenvalue weighted by Crippen LogP contribution is -1.93. The van der Waals surface area contributed by atoms with Crippen LogP contribution in [0.2, 0.25) is 0 Å². The molecule has 0 saturated heterocycles. The van der Waals surface area contributed by atoms with Gasteiger partial charge in [-0.2, -0.15) is 0 Å². The van der Waals surface area contributed by atoms with Crippen molar-refractivity contribution in [2.75, 3.05) is 0 Å². The lowest BCUT2D eigenvalue weighted by atomic mass is 10.3. The topological polar surface area (TPSA) is 0 Å². The van der Waals surface area contributed by atoms with Crippen LogP contribution in [0.4, 0.5) is 13.2 Å². The van der Waals surface area contributed by atoms with Gasteiger partial charge in [0.1, 0.15) is 11.6 Å². The van der Waals surface area contributed by atoms with Gasteiger partial charge in [0.25, 0.3) is 0 Å². The van der Waals surface area contributed by atoms with Crippen LogP contribution in [0.3, 0.4) is 0 Å². The molecule has 0 aliphatic heterocycles. The third-order valence-electron chi connectivity index (χ3n) is 1.06. The van der Waals surface area contributed by atoms with Gasteiger partial charge in [-0.3, -0.25) is 0 Å². The zero-order chi connectivity index (χ0) is 8.59. The van der Waals surface area contributed by atoms with Gasteiger partial charge in [-0.25, -0.2) is 13.2 Å². The van der Waals surface area contributed by atoms with E-state index in [2.05, 4.69) is 15.9 Å². The summed E-state index contributed by atoms with van der Waals surface area (Å²) in [5.74, 6) is -2.72. The predicted molar refractivity (Wildman–Crippen MR) is 46.7 cm³/mol. The maximum Gasteiger partial charge on any atom is 0.156 e. The zero-order valence-electron chi connectivity index (χ0n) is 4.97. The second-order valence-electron chi connectivity index (χ2n) is 1.78. The molecule has 11 heavy (non-hydrogen) atoms. The summed E-state index contributed by atoms with van der Waals surface area (Å²) in [5.41, 5.74) is 0. The maximum absolute atomic E-state index is 12.7. The standard InChI is InChI=1S/C6HBrF3I/c7-4-2(8)1-3(9)6(11)5(4)10/h1H. The Balaban J connectivity index is 3.46. The third-order valence-corrected chi connectivity index (χ3v) is 2.77. The minimum atomic E-state index is -0.930. The van der Waals surface area contributed by atoms with Gasteiger partial charge in [0.05, 0.1) is 8.04 Å². The molecule has 60 valence electrons. The van der Waals surface area contributed by atoms with E-state index in [0.29, 0.717) is 6.07 Å². The summed E-state index contributed by atoms with van der Waals surface area (Å²) >= 11 is 4.11. The Hall–Kier alpha value is 0.220. The monoisotopic (exact) mass is 336 g/mol. The number of hydrogen-bond donors (Lipinski definition) is 0. The summed E-state index contributed by atoms with van der Waals surface area (Å²) in [6.07, 6.45) is 0. The quantitative estimate of drug-likeness (QED) is 0.386. The van der Waals surface area contributed by atoms with Crippen molar-refractivity contribution in [2.24, 2.45) is 0 Å². The Bertz CT molecular complexity index is 274. The van der Waals surface area contributed by atoms with Gasteiger partial charge < -0.3 is 0 Å². The highest BCUT2D eigenvalue weighted by molar-refractivity contribution is 14.1. The summed E-state index contributed by atoms with van der Waals surface area (Å²) < 4.78 is 37.2. The molecule has 0 saturated carbocycles. The summed E-state index contributed by atoms with van der Waals surface area (Å²) in [5, 5.41) is 0. The molecule has 0 spiro atoms. The normalized spacial score (nSPS) is 10.3. The van der Waals surface area contributed by atoms with Crippen LogP contribution in [0.5, 0.6) is 0 Å². The summed E-state index contributed by atoms with van der Waals surface area (Å²) in [6.45, 7) is 0. The van der Waals surface area contributed by atoms with Gasteiger partial charge in [-0.05, 0) is 38.5 Å². The van der Waals surface area contributed by atoms with Crippen LogP contribution in [-0.2, 0) is 0 Å². The molecular formula is C6HBrF3I. The van der Waals surface area contributed by atoms with Crippen molar-refractivity contribution >= 4 is 38.5 Å². The predicted octanol–water partition coefficient (Wildman–Crippen LogP) is 3.47. The molecule has 5 heteroatoms. The maximum atomic E-state index is 12.7. The first-order valence-electron chi connectivity index (χ1n) is 2.52. The Morgan fingerprint density at radius 2 is 1.73 bits per heavy atom. The van der Waals surface area contributed by atoms with Crippen LogP contribution < -0.4 is 0 Å². The lowest BCUT2D eigenvalue weighted by molar-refractivity contribution is 0.526. The first kappa shape index (κ1) is 9.31. The molecule has 0 atom stereocenters. The van der Waals surface area contributed by atoms with E-state index in [4.69, 9.17) is 0 Å². The van der Waals surface area contributed by atoms with Crippen molar-refractivity contribution in [3.8, 4) is 0 Å². The van der Waals surface area contributed by atoms with Gasteiger partial charge in [-0.15, -0.1) is 0 Å². The molecule has 0 nitrogen and oxygen atoms in total. The molecule has 1 rings (SSSR count). The van der Waals surface area contributed by atoms with E-state index in [1.54, 1.807) is 0 Å². The van der Waals surface area contributed by atoms with Gasteiger partial charge in [0.15, 0.2) is 5.82 Å². The number of benzene rings is 1. The number of hydrogen-bond acceptors (Lipinski definition) is 0. The molecule has 0 unspecified atom stereocenters. The van der Waals surface area contributed by atoms with E-state index in [0.717, 1.165) is 0 Å². The average molecular weight is 337 g/mol. The van der Waals surface area contributed by atoms with Crippen LogP contribution in [0.1, 0.15) is 0 Å². The molecule has 0 bridgehead atoms. The van der Waals surface area contributed by atoms with Gasteiger partial charge in [-0.1, -0.05) is 0 Å². The molecular weight excluding hydrogens is 336 g/mol. The van der Waals surface area contributed by atoms with Crippen LogP contribution in [0.15, 0.2) is 10.5 Å². The molecule has 0 aliphatic carbocycles. The fourth-order valence-electron chi connectivity index (χ4n) is 0.544. The number of rotatable bonds is 0. The zero-order valence-corrected chi connectivity index (χ0v) is 8.71. The fraction of sp³-hybridized carbons (Fsp3) is 0. The van der Waals surface area contributed by atoms with Gasteiger partial charge >= 0.3 is 0 Å². The van der Waals surface area contributed by atoms with Crippen molar-refractivity contribution in [1.29, 1.82) is 0 Å². The van der Waals surface area contributed by atoms with Gasteiger partial charge in [0, 0.05) is 6.07 Å². The van der Waals surface area contributed by atoms with Crippen LogP contribution in [0.25, 0.3) is 0 Å². The van der Waals surface area contributed by atoms with Crippen molar-refractivity contribution < 1.29 is 13.2 Å². The Morgan fingerprint density at radius 3 is 2.27 bits per heavy atom. The lowest BCUT2D eigenvalue weighted by Gasteiger charge is -1.99. The molecule has 1 aromatic rings. The molecule has 1 aromatic carbocycles. The van der Waals surface area contributed by atoms with Crippen LogP contribution >= 0.6 is 38.5 Å². The van der Waals surface area contributed by atoms with Crippen LogP contribution in [-0.4, -0.2) is 0 Å². The van der Waals surface area contributed by atoms with Crippen molar-refractivity contribution in [2.45, 2.75) is 0 Å². The van der Waals surface area contributed by atoms with E-state index in [-0.39, 0.29) is 8.04 Å². The minimum Gasteiger partial charge on any atom is -0.206 e. The highest BCUT2D eigenvalue weighted by Gasteiger charge is 2.14. The second kappa shape index (κ2) is 3.30. The van der Waals surface area contributed by atoms with Gasteiger partial charge in [0.2, 0.25) is 0 Å². The summed E-state index contributed by atoms with van der Waals surface area (Å²) in [6, 6.07) is 0.634. The molecule has 0 heterocycles. The third kappa shape index (κ3) is 1.69. The van der Waals surface area contributed by atoms with E-state index < -0.39 is 17.5 Å².